The Morgan fingerprint density at radius 3 is 2.95 bits per heavy atom. The van der Waals surface area contributed by atoms with E-state index in [0.717, 1.165) is 11.6 Å². The quantitative estimate of drug-likeness (QED) is 0.893. The van der Waals surface area contributed by atoms with Crippen molar-refractivity contribution >= 4 is 0 Å². The summed E-state index contributed by atoms with van der Waals surface area (Å²) in [4.78, 5) is 0. The minimum absolute atomic E-state index is 0.119. The van der Waals surface area contributed by atoms with Gasteiger partial charge in [-0.05, 0) is 47.8 Å². The van der Waals surface area contributed by atoms with Crippen LogP contribution in [0.2, 0.25) is 0 Å². The van der Waals surface area contributed by atoms with Crippen LogP contribution >= 0.6 is 0 Å². The summed E-state index contributed by atoms with van der Waals surface area (Å²) in [6.45, 7) is 0. The second kappa shape index (κ2) is 3.94. The first kappa shape index (κ1) is 11.2. The van der Waals surface area contributed by atoms with Crippen molar-refractivity contribution < 1.29 is 0 Å². The van der Waals surface area contributed by atoms with E-state index in [1.54, 1.807) is 5.56 Å². The van der Waals surface area contributed by atoms with E-state index in [1.807, 2.05) is 17.9 Å². The maximum absolute atomic E-state index is 6.50. The summed E-state index contributed by atoms with van der Waals surface area (Å²) < 4.78 is 1.92. The third kappa shape index (κ3) is 1.58. The molecule has 3 nitrogen and oxygen atoms in total. The monoisotopic (exact) mass is 253 g/mol. The van der Waals surface area contributed by atoms with E-state index in [4.69, 9.17) is 5.73 Å². The smallest absolute Gasteiger partial charge is 0.0551 e. The molecule has 98 valence electrons. The van der Waals surface area contributed by atoms with Crippen LogP contribution in [0.4, 0.5) is 0 Å². The number of benzene rings is 1. The Bertz CT molecular complexity index is 616. The normalized spacial score (nSPS) is 29.5. The Hall–Kier alpha value is -1.61. The highest BCUT2D eigenvalue weighted by Gasteiger charge is 2.56. The Kier molecular flexibility index (Phi) is 2.33. The maximum atomic E-state index is 6.50. The molecule has 0 bridgehead atoms. The minimum Gasteiger partial charge on any atom is -0.322 e. The van der Waals surface area contributed by atoms with Gasteiger partial charge < -0.3 is 5.73 Å². The van der Waals surface area contributed by atoms with E-state index < -0.39 is 0 Å². The molecule has 1 fully saturated rings. The lowest BCUT2D eigenvalue weighted by Crippen LogP contribution is -2.18. The van der Waals surface area contributed by atoms with Gasteiger partial charge in [0.25, 0.3) is 0 Å². The van der Waals surface area contributed by atoms with Gasteiger partial charge in [-0.15, -0.1) is 0 Å². The zero-order chi connectivity index (χ0) is 13.0. The molecule has 0 spiro atoms. The predicted molar refractivity (Wildman–Crippen MR) is 74.6 cm³/mol. The van der Waals surface area contributed by atoms with Crippen LogP contribution in [-0.2, 0) is 13.5 Å². The van der Waals surface area contributed by atoms with Crippen molar-refractivity contribution in [1.82, 2.24) is 9.78 Å². The largest absolute Gasteiger partial charge is 0.322 e. The fourth-order valence-electron chi connectivity index (χ4n) is 4.02. The third-order valence-electron chi connectivity index (χ3n) is 5.01. The molecule has 1 saturated carbocycles. The average Bonchev–Trinajstić information content (AvgIpc) is 3.04. The van der Waals surface area contributed by atoms with E-state index in [1.165, 1.54) is 18.4 Å². The van der Waals surface area contributed by atoms with Gasteiger partial charge in [0.1, 0.15) is 0 Å². The molecule has 4 unspecified atom stereocenters. The van der Waals surface area contributed by atoms with Crippen LogP contribution in [0, 0.1) is 11.8 Å². The highest BCUT2D eigenvalue weighted by atomic mass is 15.3. The van der Waals surface area contributed by atoms with Gasteiger partial charge in [0.05, 0.1) is 11.7 Å². The van der Waals surface area contributed by atoms with Crippen molar-refractivity contribution in [2.45, 2.75) is 24.8 Å². The van der Waals surface area contributed by atoms with Gasteiger partial charge in [0, 0.05) is 13.2 Å². The van der Waals surface area contributed by atoms with Crippen molar-refractivity contribution in [1.29, 1.82) is 0 Å². The summed E-state index contributed by atoms with van der Waals surface area (Å²) in [5.74, 6) is 2.05. The first-order valence-electron chi connectivity index (χ1n) is 7.08. The maximum Gasteiger partial charge on any atom is 0.0551 e. The van der Waals surface area contributed by atoms with E-state index >= 15 is 0 Å². The van der Waals surface area contributed by atoms with Crippen LogP contribution in [0.3, 0.4) is 0 Å². The molecule has 3 heteroatoms. The molecule has 4 atom stereocenters. The van der Waals surface area contributed by atoms with Crippen LogP contribution in [0.5, 0.6) is 0 Å². The second-order valence-electron chi connectivity index (χ2n) is 5.91. The van der Waals surface area contributed by atoms with Crippen molar-refractivity contribution in [2.24, 2.45) is 24.6 Å². The van der Waals surface area contributed by atoms with Crippen LogP contribution in [0.25, 0.3) is 0 Å². The fourth-order valence-corrected chi connectivity index (χ4v) is 4.02. The third-order valence-corrected chi connectivity index (χ3v) is 5.01. The van der Waals surface area contributed by atoms with Crippen LogP contribution in [-0.4, -0.2) is 9.78 Å². The van der Waals surface area contributed by atoms with Crippen molar-refractivity contribution in [3.8, 4) is 0 Å². The summed E-state index contributed by atoms with van der Waals surface area (Å²) in [5.41, 5.74) is 10.7. The molecule has 0 radical (unpaired) electrons. The Balaban J connectivity index is 1.66. The average molecular weight is 253 g/mol. The number of fused-ring (bicyclic) bond motifs is 3. The number of rotatable bonds is 2. The highest BCUT2D eigenvalue weighted by Crippen LogP contribution is 2.63. The minimum atomic E-state index is 0.119. The van der Waals surface area contributed by atoms with Gasteiger partial charge in [0.15, 0.2) is 0 Å². The lowest BCUT2D eigenvalue weighted by Gasteiger charge is -2.13. The molecule has 0 saturated heterocycles. The molecule has 1 heterocycles. The Morgan fingerprint density at radius 2 is 2.16 bits per heavy atom. The molecular formula is C16H19N3. The van der Waals surface area contributed by atoms with Crippen LogP contribution in [0.1, 0.15) is 35.2 Å². The van der Waals surface area contributed by atoms with Gasteiger partial charge in [-0.25, -0.2) is 0 Å². The molecular weight excluding hydrogens is 234 g/mol. The molecule has 2 aromatic rings. The first-order chi connectivity index (χ1) is 9.27. The summed E-state index contributed by atoms with van der Waals surface area (Å²) in [5, 5.41) is 4.25. The summed E-state index contributed by atoms with van der Waals surface area (Å²) in [6, 6.07) is 11.1. The van der Waals surface area contributed by atoms with Crippen LogP contribution < -0.4 is 5.73 Å². The van der Waals surface area contributed by atoms with E-state index in [2.05, 4.69) is 35.4 Å². The Labute approximate surface area is 113 Å². The standard InChI is InChI=1S/C16H19N3/c1-19-13(8-9-18-19)16(17)15-12-7-6-10-4-2-3-5-11(10)14(12)15/h2-5,8-9,12,14-16H,6-7,17H2,1H3. The van der Waals surface area contributed by atoms with Gasteiger partial charge >= 0.3 is 0 Å². The molecule has 2 aliphatic carbocycles. The van der Waals surface area contributed by atoms with Gasteiger partial charge in [-0.1, -0.05) is 24.3 Å². The lowest BCUT2D eigenvalue weighted by atomic mass is 9.92. The first-order valence-corrected chi connectivity index (χ1v) is 7.08. The van der Waals surface area contributed by atoms with Crippen molar-refractivity contribution in [3.05, 3.63) is 53.3 Å². The van der Waals surface area contributed by atoms with E-state index in [-0.39, 0.29) is 6.04 Å². The lowest BCUT2D eigenvalue weighted by molar-refractivity contribution is 0.519. The number of hydrogen-bond donors (Lipinski definition) is 1. The van der Waals surface area contributed by atoms with Crippen LogP contribution in [0.15, 0.2) is 36.5 Å². The summed E-state index contributed by atoms with van der Waals surface area (Å²) in [6.07, 6.45) is 4.35. The van der Waals surface area contributed by atoms with E-state index in [0.29, 0.717) is 11.8 Å². The van der Waals surface area contributed by atoms with Crippen molar-refractivity contribution in [2.75, 3.05) is 0 Å². The number of aromatic nitrogens is 2. The molecule has 0 aliphatic heterocycles. The molecule has 2 N–H and O–H groups in total. The fraction of sp³-hybridized carbons (Fsp3) is 0.438. The van der Waals surface area contributed by atoms with Gasteiger partial charge in [0.2, 0.25) is 0 Å². The SMILES string of the molecule is Cn1nccc1C(N)C1C2CCc3ccccc3C21. The predicted octanol–water partition coefficient (Wildman–Crippen LogP) is 2.40. The zero-order valence-corrected chi connectivity index (χ0v) is 11.2. The number of aryl methyl sites for hydroxylation is 2. The molecule has 2 aliphatic rings. The molecule has 0 amide bonds. The number of nitrogens with two attached hydrogens (primary N) is 1. The van der Waals surface area contributed by atoms with Crippen molar-refractivity contribution in [3.63, 3.8) is 0 Å². The molecule has 4 rings (SSSR count). The second-order valence-corrected chi connectivity index (χ2v) is 5.91. The highest BCUT2D eigenvalue weighted by molar-refractivity contribution is 5.40. The molecule has 19 heavy (non-hydrogen) atoms. The van der Waals surface area contributed by atoms with E-state index in [9.17, 15) is 0 Å². The summed E-state index contributed by atoms with van der Waals surface area (Å²) in [7, 11) is 1.98. The van der Waals surface area contributed by atoms with Gasteiger partial charge in [-0.2, -0.15) is 5.10 Å². The molecule has 1 aromatic carbocycles. The van der Waals surface area contributed by atoms with Gasteiger partial charge in [-0.3, -0.25) is 4.68 Å². The number of nitrogens with zero attached hydrogens (tertiary/aromatic N) is 2. The molecule has 1 aromatic heterocycles. The zero-order valence-electron chi connectivity index (χ0n) is 11.2. The summed E-state index contributed by atoms with van der Waals surface area (Å²) >= 11 is 0. The topological polar surface area (TPSA) is 43.8 Å². The number of hydrogen-bond acceptors (Lipinski definition) is 2. The Morgan fingerprint density at radius 1 is 1.32 bits per heavy atom.